The minimum atomic E-state index is -4.42. The van der Waals surface area contributed by atoms with Crippen molar-refractivity contribution in [3.63, 3.8) is 0 Å². The molecule has 1 aromatic heterocycles. The minimum absolute atomic E-state index is 0.0762. The zero-order chi connectivity index (χ0) is 29.9. The number of carbonyl (C=O) groups excluding carboxylic acids is 1. The van der Waals surface area contributed by atoms with Gasteiger partial charge in [-0.25, -0.2) is 8.42 Å². The predicted molar refractivity (Wildman–Crippen MR) is 151 cm³/mol. The third-order valence-electron chi connectivity index (χ3n) is 6.92. The Morgan fingerprint density at radius 3 is 2.49 bits per heavy atom. The lowest BCUT2D eigenvalue weighted by molar-refractivity contribution is -0.137. The maximum Gasteiger partial charge on any atom is 0.416 e. The number of thiophene rings is 1. The van der Waals surface area contributed by atoms with E-state index in [1.165, 1.54) is 24.3 Å². The summed E-state index contributed by atoms with van der Waals surface area (Å²) in [5.74, 6) is -0.576. The summed E-state index contributed by atoms with van der Waals surface area (Å²) < 4.78 is 74.1. The zero-order valence-electron chi connectivity index (χ0n) is 22.8. The quantitative estimate of drug-likeness (QED) is 0.357. The number of nitrogens with zero attached hydrogens (tertiary/aromatic N) is 2. The molecule has 1 aliphatic rings. The molecular weight excluding hydrogens is 579 g/mol. The van der Waals surface area contributed by atoms with Crippen molar-refractivity contribution in [3.8, 4) is 5.75 Å². The summed E-state index contributed by atoms with van der Waals surface area (Å²) >= 11 is 1.05. The van der Waals surface area contributed by atoms with E-state index in [0.29, 0.717) is 18.7 Å². The number of hydrogen-bond donors (Lipinski definition) is 2. The summed E-state index contributed by atoms with van der Waals surface area (Å²) in [6, 6.07) is 12.2. The molecule has 1 aliphatic heterocycles. The second kappa shape index (κ2) is 12.4. The molecule has 1 amide bonds. The molecule has 0 bridgehead atoms. The van der Waals surface area contributed by atoms with Crippen LogP contribution < -0.4 is 9.46 Å². The van der Waals surface area contributed by atoms with Crippen LogP contribution in [0.25, 0.3) is 0 Å². The summed E-state index contributed by atoms with van der Waals surface area (Å²) in [7, 11) is -2.15. The Morgan fingerprint density at radius 2 is 1.88 bits per heavy atom. The lowest BCUT2D eigenvalue weighted by atomic mass is 9.99. The molecule has 13 heteroatoms. The van der Waals surface area contributed by atoms with E-state index in [-0.39, 0.29) is 40.3 Å². The van der Waals surface area contributed by atoms with Crippen molar-refractivity contribution < 1.29 is 36.2 Å². The highest BCUT2D eigenvalue weighted by Gasteiger charge is 2.35. The molecule has 0 radical (unpaired) electrons. The van der Waals surface area contributed by atoms with Gasteiger partial charge in [-0.1, -0.05) is 31.2 Å². The first-order chi connectivity index (χ1) is 19.3. The normalized spacial score (nSPS) is 18.8. The molecule has 8 nitrogen and oxygen atoms in total. The lowest BCUT2D eigenvalue weighted by Gasteiger charge is -2.38. The fourth-order valence-electron chi connectivity index (χ4n) is 4.64. The molecule has 4 rings (SSSR count). The maximum absolute atomic E-state index is 13.6. The average molecular weight is 612 g/mol. The van der Waals surface area contributed by atoms with Gasteiger partial charge in [-0.2, -0.15) is 13.2 Å². The first-order valence-corrected chi connectivity index (χ1v) is 15.3. The molecule has 0 spiro atoms. The first kappa shape index (κ1) is 30.8. The van der Waals surface area contributed by atoms with Crippen LogP contribution in [0.5, 0.6) is 5.75 Å². The number of benzene rings is 2. The molecule has 41 heavy (non-hydrogen) atoms. The Kier molecular flexibility index (Phi) is 9.32. The second-order valence-electron chi connectivity index (χ2n) is 10.2. The second-order valence-corrected chi connectivity index (χ2v) is 13.1. The molecule has 0 saturated carbocycles. The number of anilines is 1. The van der Waals surface area contributed by atoms with Gasteiger partial charge in [0.1, 0.15) is 10.3 Å². The van der Waals surface area contributed by atoms with Gasteiger partial charge in [-0.05, 0) is 55.2 Å². The molecular formula is C28H32F3N3O5S2. The van der Waals surface area contributed by atoms with E-state index in [2.05, 4.69) is 4.72 Å². The van der Waals surface area contributed by atoms with Crippen LogP contribution in [0.15, 0.2) is 64.2 Å². The van der Waals surface area contributed by atoms with Crippen LogP contribution in [0.3, 0.4) is 0 Å². The molecule has 0 aliphatic carbocycles. The number of likely N-dealkylation sites (N-methyl/N-ethyl adjacent to an activating group) is 1. The van der Waals surface area contributed by atoms with E-state index >= 15 is 0 Å². The van der Waals surface area contributed by atoms with Gasteiger partial charge in [0, 0.05) is 25.6 Å². The molecule has 2 N–H and O–H groups in total. The number of aliphatic hydroxyl groups excluding tert-OH is 1. The summed E-state index contributed by atoms with van der Waals surface area (Å²) in [6.45, 7) is 4.27. The van der Waals surface area contributed by atoms with Crippen LogP contribution in [-0.4, -0.2) is 68.1 Å². The van der Waals surface area contributed by atoms with Crippen LogP contribution in [0.1, 0.15) is 35.3 Å². The number of halogens is 3. The fraction of sp³-hybridized carbons (Fsp3) is 0.393. The number of para-hydroxylation sites is 1. The number of alkyl halides is 3. The number of rotatable bonds is 9. The van der Waals surface area contributed by atoms with Crippen molar-refractivity contribution in [2.24, 2.45) is 5.92 Å². The summed E-state index contributed by atoms with van der Waals surface area (Å²) in [6.07, 6.45) is -4.96. The molecule has 3 aromatic rings. The molecule has 3 atom stereocenters. The van der Waals surface area contributed by atoms with Gasteiger partial charge in [0.25, 0.3) is 15.9 Å². The van der Waals surface area contributed by atoms with Crippen molar-refractivity contribution in [1.29, 1.82) is 0 Å². The highest BCUT2D eigenvalue weighted by molar-refractivity contribution is 7.94. The van der Waals surface area contributed by atoms with Gasteiger partial charge in [0.05, 0.1) is 29.5 Å². The Bertz CT molecular complexity index is 1450. The van der Waals surface area contributed by atoms with E-state index in [0.717, 1.165) is 23.5 Å². The largest absolute Gasteiger partial charge is 0.486 e. The SMILES string of the molecule is C[C@H](CO)N1C[C@H](C)[C@@H](CN(C)Cc2ccc(C(F)(F)F)cc2)Oc2c(NS(=O)(=O)c3cccs3)cccc2C1=O. The minimum Gasteiger partial charge on any atom is -0.486 e. The lowest BCUT2D eigenvalue weighted by Crippen LogP contribution is -2.49. The van der Waals surface area contributed by atoms with Crippen LogP contribution in [0.2, 0.25) is 0 Å². The van der Waals surface area contributed by atoms with Gasteiger partial charge in [-0.15, -0.1) is 11.3 Å². The number of carbonyl (C=O) groups is 1. The van der Waals surface area contributed by atoms with E-state index in [1.807, 2.05) is 11.8 Å². The van der Waals surface area contributed by atoms with Gasteiger partial charge in [0.15, 0.2) is 5.75 Å². The van der Waals surface area contributed by atoms with E-state index in [4.69, 9.17) is 4.74 Å². The summed E-state index contributed by atoms with van der Waals surface area (Å²) in [5.41, 5.74) is 0.205. The third kappa shape index (κ3) is 7.21. The topological polar surface area (TPSA) is 99.2 Å². The van der Waals surface area contributed by atoms with Gasteiger partial charge in [0.2, 0.25) is 0 Å². The average Bonchev–Trinajstić information content (AvgIpc) is 3.47. The number of hydrogen-bond acceptors (Lipinski definition) is 7. The number of sulfonamides is 1. The molecule has 2 aromatic carbocycles. The van der Waals surface area contributed by atoms with Crippen molar-refractivity contribution in [2.45, 2.75) is 42.9 Å². The number of ether oxygens (including phenoxy) is 1. The Morgan fingerprint density at radius 1 is 1.17 bits per heavy atom. The molecule has 0 saturated heterocycles. The maximum atomic E-state index is 13.6. The van der Waals surface area contributed by atoms with E-state index in [9.17, 15) is 31.5 Å². The number of amides is 1. The molecule has 222 valence electrons. The predicted octanol–water partition coefficient (Wildman–Crippen LogP) is 4.92. The van der Waals surface area contributed by atoms with Crippen LogP contribution in [0.4, 0.5) is 18.9 Å². The standard InChI is InChI=1S/C28H32F3N3O5S2/c1-18-14-34(19(2)17-35)27(36)22-6-4-7-23(32-41(37,38)25-8-5-13-40-25)26(22)39-24(18)16-33(3)15-20-9-11-21(12-10-20)28(29,30)31/h4-13,18-19,24,32,35H,14-17H2,1-3H3/t18-,19+,24+/m0/s1. The fourth-order valence-corrected chi connectivity index (χ4v) is 6.69. The van der Waals surface area contributed by atoms with Crippen molar-refractivity contribution in [3.05, 3.63) is 76.7 Å². The van der Waals surface area contributed by atoms with Crippen LogP contribution in [0, 0.1) is 5.92 Å². The molecule has 2 heterocycles. The molecule has 0 fully saturated rings. The Balaban J connectivity index is 1.65. The van der Waals surface area contributed by atoms with Gasteiger partial charge >= 0.3 is 6.18 Å². The first-order valence-electron chi connectivity index (χ1n) is 12.9. The van der Waals surface area contributed by atoms with Crippen LogP contribution in [-0.2, 0) is 22.7 Å². The Hall–Kier alpha value is -3.13. The van der Waals surface area contributed by atoms with E-state index < -0.39 is 39.8 Å². The monoisotopic (exact) mass is 611 g/mol. The van der Waals surface area contributed by atoms with Crippen molar-refractivity contribution in [2.75, 3.05) is 31.5 Å². The van der Waals surface area contributed by atoms with E-state index in [1.54, 1.807) is 42.5 Å². The Labute approximate surface area is 241 Å². The van der Waals surface area contributed by atoms with Gasteiger partial charge < -0.3 is 14.7 Å². The van der Waals surface area contributed by atoms with Crippen molar-refractivity contribution in [1.82, 2.24) is 9.80 Å². The third-order valence-corrected chi connectivity index (χ3v) is 9.68. The smallest absolute Gasteiger partial charge is 0.416 e. The van der Waals surface area contributed by atoms with Gasteiger partial charge in [-0.3, -0.25) is 14.4 Å². The number of fused-ring (bicyclic) bond motifs is 1. The summed E-state index contributed by atoms with van der Waals surface area (Å²) in [4.78, 5) is 17.1. The highest BCUT2D eigenvalue weighted by atomic mass is 32.2. The van der Waals surface area contributed by atoms with Crippen molar-refractivity contribution >= 4 is 33.0 Å². The van der Waals surface area contributed by atoms with Crippen LogP contribution >= 0.6 is 11.3 Å². The summed E-state index contributed by atoms with van der Waals surface area (Å²) in [5, 5.41) is 11.5. The number of aliphatic hydroxyl groups is 1. The number of nitrogens with one attached hydrogen (secondary N) is 1. The molecule has 0 unspecified atom stereocenters. The highest BCUT2D eigenvalue weighted by Crippen LogP contribution is 2.36. The zero-order valence-corrected chi connectivity index (χ0v) is 24.4.